The first-order chi connectivity index (χ1) is 16.4. The van der Waals surface area contributed by atoms with Gasteiger partial charge in [0.25, 0.3) is 0 Å². The van der Waals surface area contributed by atoms with Gasteiger partial charge in [0.15, 0.2) is 17.1 Å². The van der Waals surface area contributed by atoms with Crippen LogP contribution in [0.2, 0.25) is 0 Å². The van der Waals surface area contributed by atoms with Crippen molar-refractivity contribution in [3.05, 3.63) is 99.9 Å². The Hall–Kier alpha value is -3.15. The number of rotatable bonds is 5. The summed E-state index contributed by atoms with van der Waals surface area (Å²) in [5.74, 6) is -0.217. The number of fused-ring (bicyclic) bond motifs is 1. The minimum Gasteiger partial charge on any atom is -0.297 e. The Balaban J connectivity index is 1.49. The van der Waals surface area contributed by atoms with Crippen molar-refractivity contribution < 1.29 is 9.59 Å². The van der Waals surface area contributed by atoms with Crippen LogP contribution in [0, 0.1) is 13.8 Å². The summed E-state index contributed by atoms with van der Waals surface area (Å²) in [6.45, 7) is 9.84. The van der Waals surface area contributed by atoms with Crippen LogP contribution >= 0.6 is 0 Å². The van der Waals surface area contributed by atoms with E-state index >= 15 is 0 Å². The first-order valence-corrected chi connectivity index (χ1v) is 12.1. The number of benzene rings is 2. The molecule has 34 heavy (non-hydrogen) atoms. The van der Waals surface area contributed by atoms with Crippen LogP contribution in [0.4, 0.5) is 0 Å². The summed E-state index contributed by atoms with van der Waals surface area (Å²) in [6, 6.07) is 19.7. The minimum absolute atomic E-state index is 0.108. The molecular formula is C29H31N3O2. The first kappa shape index (κ1) is 22.6. The van der Waals surface area contributed by atoms with Crippen LogP contribution in [-0.2, 0) is 18.5 Å². The van der Waals surface area contributed by atoms with Crippen LogP contribution in [0.25, 0.3) is 0 Å². The largest absolute Gasteiger partial charge is 0.297 e. The topological polar surface area (TPSA) is 53.5 Å². The molecule has 5 heteroatoms. The van der Waals surface area contributed by atoms with Crippen LogP contribution in [0.15, 0.2) is 60.7 Å². The van der Waals surface area contributed by atoms with Crippen molar-refractivity contribution in [1.29, 1.82) is 0 Å². The number of hydrogen-bond donors (Lipinski definition) is 0. The van der Waals surface area contributed by atoms with Gasteiger partial charge in [-0.3, -0.25) is 24.4 Å². The van der Waals surface area contributed by atoms with Crippen molar-refractivity contribution in [2.45, 2.75) is 39.3 Å². The minimum atomic E-state index is -1.31. The molecule has 5 nitrogen and oxygen atoms in total. The molecular weight excluding hydrogens is 422 g/mol. The summed E-state index contributed by atoms with van der Waals surface area (Å²) in [5, 5.41) is 0. The molecule has 0 amide bonds. The van der Waals surface area contributed by atoms with E-state index in [1.807, 2.05) is 38.1 Å². The van der Waals surface area contributed by atoms with E-state index in [9.17, 15) is 9.59 Å². The molecule has 1 aliphatic heterocycles. The zero-order valence-corrected chi connectivity index (χ0v) is 20.2. The SMILES string of the molecule is CCc1ccccc1CN1CCN(C2(c3cc(C)nc(C)c3)C(=O)c3ccccc3C2=O)CC1. The second-order valence-corrected chi connectivity index (χ2v) is 9.44. The predicted molar refractivity (Wildman–Crippen MR) is 133 cm³/mol. The molecule has 0 unspecified atom stereocenters. The number of carbonyl (C=O) groups excluding carboxylic acids is 2. The summed E-state index contributed by atoms with van der Waals surface area (Å²) in [7, 11) is 0. The third-order valence-corrected chi connectivity index (χ3v) is 7.31. The van der Waals surface area contributed by atoms with E-state index in [-0.39, 0.29) is 11.6 Å². The van der Waals surface area contributed by atoms with Crippen LogP contribution < -0.4 is 0 Å². The van der Waals surface area contributed by atoms with Gasteiger partial charge in [0.05, 0.1) is 0 Å². The number of Topliss-reactive ketones (excluding diaryl/α,β-unsaturated/α-hetero) is 2. The number of aromatic nitrogens is 1. The maximum Gasteiger partial charge on any atom is 0.196 e. The number of pyridine rings is 1. The van der Waals surface area contributed by atoms with E-state index in [0.29, 0.717) is 24.2 Å². The summed E-state index contributed by atoms with van der Waals surface area (Å²) < 4.78 is 0. The lowest BCUT2D eigenvalue weighted by atomic mass is 9.82. The quantitative estimate of drug-likeness (QED) is 0.538. The molecule has 0 N–H and O–H groups in total. The lowest BCUT2D eigenvalue weighted by Gasteiger charge is -2.44. The van der Waals surface area contributed by atoms with E-state index in [0.717, 1.165) is 43.0 Å². The van der Waals surface area contributed by atoms with Crippen molar-refractivity contribution >= 4 is 11.6 Å². The van der Waals surface area contributed by atoms with Gasteiger partial charge in [-0.1, -0.05) is 55.5 Å². The molecule has 5 rings (SSSR count). The Morgan fingerprint density at radius 2 is 1.32 bits per heavy atom. The van der Waals surface area contributed by atoms with Gasteiger partial charge in [-0.25, -0.2) is 0 Å². The van der Waals surface area contributed by atoms with Gasteiger partial charge in [0.2, 0.25) is 0 Å². The average molecular weight is 454 g/mol. The monoisotopic (exact) mass is 453 g/mol. The smallest absolute Gasteiger partial charge is 0.196 e. The molecule has 1 saturated heterocycles. The first-order valence-electron chi connectivity index (χ1n) is 12.1. The Kier molecular flexibility index (Phi) is 5.92. The number of hydrogen-bond acceptors (Lipinski definition) is 5. The third kappa shape index (κ3) is 3.60. The Morgan fingerprint density at radius 1 is 0.794 bits per heavy atom. The molecule has 1 aromatic heterocycles. The second-order valence-electron chi connectivity index (χ2n) is 9.44. The standard InChI is InChI=1S/C29H31N3O2/c1-4-22-9-5-6-10-23(22)19-31-13-15-32(16-14-31)29(24-17-20(2)30-21(3)18-24)27(33)25-11-7-8-12-26(25)28(29)34/h5-12,17-18H,4,13-16,19H2,1-3H3. The average Bonchev–Trinajstić information content (AvgIpc) is 3.07. The maximum atomic E-state index is 14.0. The fraction of sp³-hybridized carbons (Fsp3) is 0.345. The van der Waals surface area contributed by atoms with Gasteiger partial charge in [-0.15, -0.1) is 0 Å². The Labute approximate surface area is 201 Å². The highest BCUT2D eigenvalue weighted by Crippen LogP contribution is 2.43. The molecule has 2 aromatic carbocycles. The molecule has 3 aromatic rings. The normalized spacial score (nSPS) is 18.3. The Morgan fingerprint density at radius 3 is 1.88 bits per heavy atom. The molecule has 0 atom stereocenters. The molecule has 2 aliphatic rings. The van der Waals surface area contributed by atoms with Gasteiger partial charge < -0.3 is 0 Å². The number of aryl methyl sites for hydroxylation is 3. The van der Waals surface area contributed by atoms with Crippen LogP contribution in [0.5, 0.6) is 0 Å². The summed E-state index contributed by atoms with van der Waals surface area (Å²) in [5.41, 5.74) is 4.86. The highest BCUT2D eigenvalue weighted by molar-refractivity contribution is 6.32. The lowest BCUT2D eigenvalue weighted by molar-refractivity contribution is 0.0278. The Bertz CT molecular complexity index is 1200. The van der Waals surface area contributed by atoms with Gasteiger partial charge >= 0.3 is 0 Å². The molecule has 174 valence electrons. The summed E-state index contributed by atoms with van der Waals surface area (Å²) in [4.78, 5) is 37.1. The fourth-order valence-corrected chi connectivity index (χ4v) is 5.69. The van der Waals surface area contributed by atoms with Crippen LogP contribution in [0.3, 0.4) is 0 Å². The second kappa shape index (κ2) is 8.90. The van der Waals surface area contributed by atoms with Crippen LogP contribution in [-0.4, -0.2) is 52.5 Å². The zero-order valence-electron chi connectivity index (χ0n) is 20.2. The molecule has 1 fully saturated rings. The van der Waals surface area contributed by atoms with Gasteiger partial charge in [-0.05, 0) is 49.1 Å². The lowest BCUT2D eigenvalue weighted by Crippen LogP contribution is -2.60. The highest BCUT2D eigenvalue weighted by atomic mass is 16.2. The maximum absolute atomic E-state index is 14.0. The van der Waals surface area contributed by atoms with Crippen molar-refractivity contribution in [1.82, 2.24) is 14.8 Å². The third-order valence-electron chi connectivity index (χ3n) is 7.31. The number of nitrogens with zero attached hydrogens (tertiary/aromatic N) is 3. The van der Waals surface area contributed by atoms with Crippen molar-refractivity contribution in [3.63, 3.8) is 0 Å². The van der Waals surface area contributed by atoms with E-state index < -0.39 is 5.54 Å². The highest BCUT2D eigenvalue weighted by Gasteiger charge is 2.58. The fourth-order valence-electron chi connectivity index (χ4n) is 5.69. The number of carbonyl (C=O) groups is 2. The molecule has 0 radical (unpaired) electrons. The van der Waals surface area contributed by atoms with E-state index in [1.54, 1.807) is 12.1 Å². The van der Waals surface area contributed by atoms with E-state index in [1.165, 1.54) is 11.1 Å². The van der Waals surface area contributed by atoms with Crippen molar-refractivity contribution in [2.24, 2.45) is 0 Å². The van der Waals surface area contributed by atoms with E-state index in [2.05, 4.69) is 46.0 Å². The van der Waals surface area contributed by atoms with Gasteiger partial charge in [0, 0.05) is 55.2 Å². The summed E-state index contributed by atoms with van der Waals surface area (Å²) >= 11 is 0. The molecule has 0 saturated carbocycles. The van der Waals surface area contributed by atoms with E-state index in [4.69, 9.17) is 0 Å². The summed E-state index contributed by atoms with van der Waals surface area (Å²) in [6.07, 6.45) is 1.02. The zero-order chi connectivity index (χ0) is 23.9. The predicted octanol–water partition coefficient (Wildman–Crippen LogP) is 4.35. The molecule has 2 heterocycles. The van der Waals surface area contributed by atoms with Crippen LogP contribution in [0.1, 0.15) is 55.7 Å². The number of ketones is 2. The molecule has 1 aliphatic carbocycles. The number of piperazine rings is 1. The molecule has 0 bridgehead atoms. The van der Waals surface area contributed by atoms with Crippen molar-refractivity contribution in [2.75, 3.05) is 26.2 Å². The van der Waals surface area contributed by atoms with Gasteiger partial charge in [-0.2, -0.15) is 0 Å². The van der Waals surface area contributed by atoms with Crippen molar-refractivity contribution in [3.8, 4) is 0 Å². The van der Waals surface area contributed by atoms with Gasteiger partial charge in [0.1, 0.15) is 0 Å². The molecule has 0 spiro atoms.